The molecule has 0 saturated carbocycles. The Hall–Kier alpha value is -1.24. The van der Waals surface area contributed by atoms with Gasteiger partial charge < -0.3 is 5.11 Å². The van der Waals surface area contributed by atoms with Crippen LogP contribution in [0.2, 0.25) is 0 Å². The number of hydroxylamine groups is 2. The molecule has 2 amide bonds. The minimum atomic E-state index is -0.725. The Morgan fingerprint density at radius 3 is 2.36 bits per heavy atom. The van der Waals surface area contributed by atoms with E-state index in [4.69, 9.17) is 5.11 Å². The van der Waals surface area contributed by atoms with E-state index in [0.29, 0.717) is 5.06 Å². The Kier molecular flexibility index (Phi) is 2.32. The molecule has 6 heteroatoms. The molecule has 0 aliphatic carbocycles. The van der Waals surface area contributed by atoms with Gasteiger partial charge in [0.25, 0.3) is 11.8 Å². The molecule has 0 aromatic carbocycles. The molecular weight excluding hydrogens is 154 g/mol. The summed E-state index contributed by atoms with van der Waals surface area (Å²) in [6, 6.07) is 0. The summed E-state index contributed by atoms with van der Waals surface area (Å²) in [7, 11) is 0. The summed E-state index contributed by atoms with van der Waals surface area (Å²) in [4.78, 5) is 29.3. The van der Waals surface area contributed by atoms with Gasteiger partial charge in [-0.25, -0.2) is 0 Å². The highest BCUT2D eigenvalue weighted by Gasteiger charge is 2.25. The van der Waals surface area contributed by atoms with Crippen molar-refractivity contribution >= 4 is 11.8 Å². The van der Waals surface area contributed by atoms with Gasteiger partial charge in [-0.1, -0.05) is 4.99 Å². The molecule has 0 bridgehead atoms. The van der Waals surface area contributed by atoms with Crippen molar-refractivity contribution in [3.63, 3.8) is 0 Å². The first-order valence-corrected chi connectivity index (χ1v) is 2.72. The molecule has 0 radical (unpaired) electrons. The maximum absolute atomic E-state index is 10.6. The van der Waals surface area contributed by atoms with Crippen LogP contribution in [0.5, 0.6) is 0 Å². The second-order valence-corrected chi connectivity index (χ2v) is 1.63. The van der Waals surface area contributed by atoms with E-state index in [0.717, 1.165) is 12.2 Å². The predicted molar refractivity (Wildman–Crippen MR) is 30.2 cm³/mol. The molecule has 11 heavy (non-hydrogen) atoms. The van der Waals surface area contributed by atoms with Crippen molar-refractivity contribution in [3.8, 4) is 0 Å². The molecule has 0 unspecified atom stereocenters. The fourth-order valence-electron chi connectivity index (χ4n) is 0.536. The van der Waals surface area contributed by atoms with Crippen LogP contribution in [0.4, 0.5) is 0 Å². The van der Waals surface area contributed by atoms with Gasteiger partial charge in [-0.15, -0.1) is 5.06 Å². The van der Waals surface area contributed by atoms with E-state index >= 15 is 0 Å². The standard InChI is InChI=1S/C5H5NO5/c7-3-10-11-6-4(8)1-2-5(6)9/h1-2,7H,3H2. The number of nitrogens with zero attached hydrogens (tertiary/aromatic N) is 1. The van der Waals surface area contributed by atoms with Gasteiger partial charge in [0.2, 0.25) is 0 Å². The zero-order chi connectivity index (χ0) is 8.27. The van der Waals surface area contributed by atoms with E-state index in [1.54, 1.807) is 0 Å². The first-order valence-electron chi connectivity index (χ1n) is 2.72. The lowest BCUT2D eigenvalue weighted by molar-refractivity contribution is -0.414. The quantitative estimate of drug-likeness (QED) is 0.240. The lowest BCUT2D eigenvalue weighted by Gasteiger charge is -2.08. The van der Waals surface area contributed by atoms with Crippen molar-refractivity contribution in [1.82, 2.24) is 5.06 Å². The van der Waals surface area contributed by atoms with Crippen molar-refractivity contribution in [2.24, 2.45) is 0 Å². The average molecular weight is 159 g/mol. The number of carbonyl (C=O) groups is 2. The molecule has 1 aliphatic heterocycles. The monoisotopic (exact) mass is 159 g/mol. The van der Waals surface area contributed by atoms with Crippen LogP contribution >= 0.6 is 0 Å². The molecule has 0 aromatic rings. The fourth-order valence-corrected chi connectivity index (χ4v) is 0.536. The van der Waals surface area contributed by atoms with Gasteiger partial charge in [0, 0.05) is 12.2 Å². The van der Waals surface area contributed by atoms with Crippen LogP contribution in [0, 0.1) is 0 Å². The second kappa shape index (κ2) is 3.24. The molecular formula is C5H5NO5. The van der Waals surface area contributed by atoms with Gasteiger partial charge >= 0.3 is 0 Å². The molecule has 1 heterocycles. The van der Waals surface area contributed by atoms with Crippen LogP contribution in [0.3, 0.4) is 0 Å². The van der Waals surface area contributed by atoms with Crippen LogP contribution in [0.25, 0.3) is 0 Å². The zero-order valence-corrected chi connectivity index (χ0v) is 5.39. The van der Waals surface area contributed by atoms with Gasteiger partial charge in [0.15, 0.2) is 6.79 Å². The van der Waals surface area contributed by atoms with E-state index in [1.807, 2.05) is 0 Å². The second-order valence-electron chi connectivity index (χ2n) is 1.63. The summed E-state index contributed by atoms with van der Waals surface area (Å²) in [5, 5.41) is 8.47. The third-order valence-electron chi connectivity index (χ3n) is 0.949. The molecule has 0 spiro atoms. The molecule has 0 saturated heterocycles. The molecule has 0 fully saturated rings. The van der Waals surface area contributed by atoms with Gasteiger partial charge in [0.05, 0.1) is 0 Å². The zero-order valence-electron chi connectivity index (χ0n) is 5.39. The van der Waals surface area contributed by atoms with E-state index < -0.39 is 18.6 Å². The lowest BCUT2D eigenvalue weighted by atomic mass is 10.6. The number of aliphatic hydroxyl groups is 1. The number of carbonyl (C=O) groups excluding carboxylic acids is 2. The van der Waals surface area contributed by atoms with Crippen LogP contribution < -0.4 is 0 Å². The van der Waals surface area contributed by atoms with Crippen molar-refractivity contribution < 1.29 is 24.6 Å². The maximum atomic E-state index is 10.6. The van der Waals surface area contributed by atoms with E-state index in [1.165, 1.54) is 0 Å². The summed E-state index contributed by atoms with van der Waals surface area (Å²) in [6.45, 7) is -0.725. The smallest absolute Gasteiger partial charge is 0.280 e. The molecule has 0 atom stereocenters. The van der Waals surface area contributed by atoms with Gasteiger partial charge in [-0.2, -0.15) is 4.89 Å². The largest absolute Gasteiger partial charge is 0.368 e. The molecule has 1 N–H and O–H groups in total. The van der Waals surface area contributed by atoms with Crippen LogP contribution in [-0.4, -0.2) is 28.8 Å². The summed E-state index contributed by atoms with van der Waals surface area (Å²) in [5.41, 5.74) is 0. The normalized spacial score (nSPS) is 16.6. The third-order valence-corrected chi connectivity index (χ3v) is 0.949. The molecule has 6 nitrogen and oxygen atoms in total. The highest BCUT2D eigenvalue weighted by molar-refractivity contribution is 6.11. The number of imide groups is 1. The Morgan fingerprint density at radius 2 is 1.91 bits per heavy atom. The van der Waals surface area contributed by atoms with E-state index in [-0.39, 0.29) is 0 Å². The number of rotatable bonds is 3. The number of amides is 2. The molecule has 1 aliphatic rings. The Balaban J connectivity index is 2.46. The summed E-state index contributed by atoms with van der Waals surface area (Å²) >= 11 is 0. The third kappa shape index (κ3) is 1.61. The first-order chi connectivity index (χ1) is 5.25. The van der Waals surface area contributed by atoms with Crippen molar-refractivity contribution in [3.05, 3.63) is 12.2 Å². The Morgan fingerprint density at radius 1 is 1.36 bits per heavy atom. The highest BCUT2D eigenvalue weighted by atomic mass is 17.3. The number of hydrogen-bond acceptors (Lipinski definition) is 5. The maximum Gasteiger partial charge on any atom is 0.280 e. The number of aliphatic hydroxyl groups excluding tert-OH is 1. The number of hydrogen-bond donors (Lipinski definition) is 1. The minimum absolute atomic E-state index is 0.385. The molecule has 1 rings (SSSR count). The van der Waals surface area contributed by atoms with E-state index in [9.17, 15) is 9.59 Å². The van der Waals surface area contributed by atoms with E-state index in [2.05, 4.69) is 9.88 Å². The van der Waals surface area contributed by atoms with Crippen LogP contribution in [-0.2, 0) is 19.5 Å². The fraction of sp³-hybridized carbons (Fsp3) is 0.200. The summed E-state index contributed by atoms with van der Waals surface area (Å²) in [6.07, 6.45) is 2.06. The van der Waals surface area contributed by atoms with Gasteiger partial charge in [-0.05, 0) is 0 Å². The SMILES string of the molecule is O=C1C=CC(=O)N1OOCO. The average Bonchev–Trinajstić information content (AvgIpc) is 2.29. The van der Waals surface area contributed by atoms with Crippen molar-refractivity contribution in [2.45, 2.75) is 0 Å². The highest BCUT2D eigenvalue weighted by Crippen LogP contribution is 2.03. The first kappa shape index (κ1) is 7.86. The molecule has 60 valence electrons. The van der Waals surface area contributed by atoms with Crippen LogP contribution in [0.1, 0.15) is 0 Å². The minimum Gasteiger partial charge on any atom is -0.368 e. The summed E-state index contributed by atoms with van der Waals surface area (Å²) in [5.74, 6) is -1.27. The van der Waals surface area contributed by atoms with Crippen LogP contribution in [0.15, 0.2) is 12.2 Å². The topological polar surface area (TPSA) is 76.1 Å². The molecule has 0 aromatic heterocycles. The van der Waals surface area contributed by atoms with Gasteiger partial charge in [0.1, 0.15) is 0 Å². The summed E-state index contributed by atoms with van der Waals surface area (Å²) < 4.78 is 0. The predicted octanol–water partition coefficient (Wildman–Crippen LogP) is -1.28. The van der Waals surface area contributed by atoms with Crippen molar-refractivity contribution in [1.29, 1.82) is 0 Å². The Bertz CT molecular complexity index is 193. The Labute approximate surface area is 61.5 Å². The lowest BCUT2D eigenvalue weighted by Crippen LogP contribution is -2.30. The van der Waals surface area contributed by atoms with Gasteiger partial charge in [-0.3, -0.25) is 9.59 Å². The van der Waals surface area contributed by atoms with Crippen molar-refractivity contribution in [2.75, 3.05) is 6.79 Å².